The van der Waals surface area contributed by atoms with E-state index in [1.165, 1.54) is 65.5 Å². The second kappa shape index (κ2) is 12.4. The van der Waals surface area contributed by atoms with E-state index in [0.717, 1.165) is 0 Å². The van der Waals surface area contributed by atoms with Crippen molar-refractivity contribution in [2.45, 2.75) is 57.8 Å². The van der Waals surface area contributed by atoms with Crippen LogP contribution < -0.4 is 10.6 Å². The maximum atomic E-state index is 14.7. The Morgan fingerprint density at radius 1 is 1.05 bits per heavy atom. The maximum Gasteiger partial charge on any atom is 0.408 e. The van der Waals surface area contributed by atoms with Gasteiger partial charge in [-0.05, 0) is 82.6 Å². The zero-order valence-electron chi connectivity index (χ0n) is 25.0. The number of aromatic nitrogens is 4. The summed E-state index contributed by atoms with van der Waals surface area (Å²) in [7, 11) is 1.52. The van der Waals surface area contributed by atoms with Crippen molar-refractivity contribution in [2.24, 2.45) is 7.05 Å². The largest absolute Gasteiger partial charge is 0.444 e. The Balaban J connectivity index is 1.71. The van der Waals surface area contributed by atoms with E-state index in [9.17, 15) is 27.9 Å². The number of ether oxygens (including phenoxy) is 1. The van der Waals surface area contributed by atoms with Gasteiger partial charge in [-0.25, -0.2) is 27.9 Å². The molecule has 44 heavy (non-hydrogen) atoms. The molecule has 0 saturated heterocycles. The minimum Gasteiger partial charge on any atom is -0.444 e. The van der Waals surface area contributed by atoms with Crippen LogP contribution in [-0.2, 0) is 22.9 Å². The van der Waals surface area contributed by atoms with Gasteiger partial charge in [-0.1, -0.05) is 0 Å². The van der Waals surface area contributed by atoms with Gasteiger partial charge in [0.1, 0.15) is 28.5 Å². The zero-order valence-corrected chi connectivity index (χ0v) is 25.8. The van der Waals surface area contributed by atoms with Crippen molar-refractivity contribution >= 4 is 23.3 Å². The van der Waals surface area contributed by atoms with Gasteiger partial charge in [0, 0.05) is 18.0 Å². The number of carbonyl (C=O) groups is 2. The number of halogens is 3. The second-order valence-corrected chi connectivity index (χ2v) is 12.4. The summed E-state index contributed by atoms with van der Waals surface area (Å²) < 4.78 is 49.7. The van der Waals surface area contributed by atoms with E-state index in [4.69, 9.17) is 4.74 Å². The quantitative estimate of drug-likeness (QED) is 0.226. The molecule has 10 nitrogen and oxygen atoms in total. The molecular weight excluding hydrogens is 597 g/mol. The topological polar surface area (TPSA) is 131 Å². The number of benzene rings is 1. The molecule has 0 aliphatic carbocycles. The lowest BCUT2D eigenvalue weighted by molar-refractivity contribution is -0.101. The fourth-order valence-electron chi connectivity index (χ4n) is 4.24. The van der Waals surface area contributed by atoms with Gasteiger partial charge < -0.3 is 20.5 Å². The Kier molecular flexibility index (Phi) is 9.16. The molecule has 4 aromatic rings. The molecular formula is C30H33F3N6O4S. The van der Waals surface area contributed by atoms with Crippen LogP contribution >= 0.6 is 11.3 Å². The van der Waals surface area contributed by atoms with Crippen LogP contribution in [0.2, 0.25) is 0 Å². The van der Waals surface area contributed by atoms with Crippen LogP contribution in [0.3, 0.4) is 0 Å². The van der Waals surface area contributed by atoms with E-state index in [1.54, 1.807) is 45.5 Å². The second-order valence-electron chi connectivity index (χ2n) is 11.7. The van der Waals surface area contributed by atoms with Crippen LogP contribution in [-0.4, -0.2) is 55.4 Å². The molecule has 2 amide bonds. The number of pyridine rings is 1. The third-order valence-corrected chi connectivity index (χ3v) is 7.22. The number of hydrogen-bond donors (Lipinski definition) is 3. The number of aryl methyl sites for hydroxylation is 1. The highest BCUT2D eigenvalue weighted by Crippen LogP contribution is 2.33. The standard InChI is InChI=1S/C30H33F3N6O4S/c1-28(2,3)43-27(41)37-29(4,5)18-11-20(17-7-9-19(31)10-8-17)36-24(12-18)30(42,26(32)33)15-34-25(40)23-13-21(38-39(23)6)22-14-44-16-35-22/h7-14,16,26,42H,15H2,1-6H3,(H,34,40)(H,37,41). The number of carbonyl (C=O) groups excluding carboxylic acids is 2. The molecule has 0 fully saturated rings. The lowest BCUT2D eigenvalue weighted by Crippen LogP contribution is -2.47. The summed E-state index contributed by atoms with van der Waals surface area (Å²) in [6, 6.07) is 9.40. The molecule has 1 unspecified atom stereocenters. The lowest BCUT2D eigenvalue weighted by atomic mass is 9.89. The number of aliphatic hydroxyl groups is 1. The molecule has 0 aliphatic rings. The fourth-order valence-corrected chi connectivity index (χ4v) is 4.79. The number of rotatable bonds is 9. The summed E-state index contributed by atoms with van der Waals surface area (Å²) in [5, 5.41) is 22.5. The Morgan fingerprint density at radius 3 is 2.32 bits per heavy atom. The van der Waals surface area contributed by atoms with Gasteiger partial charge in [-0.2, -0.15) is 5.10 Å². The summed E-state index contributed by atoms with van der Waals surface area (Å²) in [5.41, 5.74) is -2.03. The predicted octanol–water partition coefficient (Wildman–Crippen LogP) is 5.39. The molecule has 14 heteroatoms. The first-order valence-corrected chi connectivity index (χ1v) is 14.4. The lowest BCUT2D eigenvalue weighted by Gasteiger charge is -2.32. The smallest absolute Gasteiger partial charge is 0.408 e. The molecule has 1 aromatic carbocycles. The summed E-state index contributed by atoms with van der Waals surface area (Å²) in [5.74, 6) is -1.28. The van der Waals surface area contributed by atoms with Gasteiger partial charge in [0.15, 0.2) is 5.60 Å². The molecule has 0 bridgehead atoms. The fraction of sp³-hybridized carbons (Fsp3) is 0.367. The number of nitrogens with one attached hydrogen (secondary N) is 2. The predicted molar refractivity (Wildman–Crippen MR) is 159 cm³/mol. The van der Waals surface area contributed by atoms with Crippen molar-refractivity contribution in [3.63, 3.8) is 0 Å². The van der Waals surface area contributed by atoms with E-state index in [-0.39, 0.29) is 17.0 Å². The van der Waals surface area contributed by atoms with E-state index in [0.29, 0.717) is 17.0 Å². The van der Waals surface area contributed by atoms with Gasteiger partial charge in [-0.3, -0.25) is 9.48 Å². The number of thiazole rings is 1. The molecule has 3 aromatic heterocycles. The van der Waals surface area contributed by atoms with Gasteiger partial charge in [-0.15, -0.1) is 11.3 Å². The Labute approximate surface area is 256 Å². The van der Waals surface area contributed by atoms with Crippen LogP contribution in [0.1, 0.15) is 56.4 Å². The van der Waals surface area contributed by atoms with E-state index in [2.05, 4.69) is 25.7 Å². The van der Waals surface area contributed by atoms with Crippen LogP contribution in [0, 0.1) is 5.82 Å². The SMILES string of the molecule is Cn1nc(-c2cscn2)cc1C(=O)NCC(O)(c1cc(C(C)(C)NC(=O)OC(C)(C)C)cc(-c2ccc(F)cc2)n1)C(F)F. The molecule has 4 rings (SSSR count). The number of alkyl carbamates (subject to hydrolysis) is 1. The summed E-state index contributed by atoms with van der Waals surface area (Å²) >= 11 is 1.35. The number of amides is 2. The molecule has 0 spiro atoms. The van der Waals surface area contributed by atoms with Gasteiger partial charge in [0.25, 0.3) is 12.3 Å². The summed E-state index contributed by atoms with van der Waals surface area (Å²) in [6.07, 6.45) is -4.15. The Hall–Kier alpha value is -4.30. The first-order chi connectivity index (χ1) is 20.5. The highest BCUT2D eigenvalue weighted by Gasteiger charge is 2.43. The van der Waals surface area contributed by atoms with E-state index < -0.39 is 53.2 Å². The van der Waals surface area contributed by atoms with Crippen molar-refractivity contribution in [1.29, 1.82) is 0 Å². The van der Waals surface area contributed by atoms with E-state index >= 15 is 0 Å². The molecule has 0 aliphatic heterocycles. The van der Waals surface area contributed by atoms with E-state index in [1.807, 2.05) is 0 Å². The Bertz CT molecular complexity index is 1640. The maximum absolute atomic E-state index is 14.7. The molecule has 0 radical (unpaired) electrons. The minimum absolute atomic E-state index is 0.0565. The average Bonchev–Trinajstić information content (AvgIpc) is 3.60. The van der Waals surface area contributed by atoms with Crippen molar-refractivity contribution < 1.29 is 32.6 Å². The molecule has 1 atom stereocenters. The number of alkyl halides is 2. The average molecular weight is 631 g/mol. The number of hydrogen-bond acceptors (Lipinski definition) is 8. The van der Waals surface area contributed by atoms with Crippen molar-refractivity contribution in [3.05, 3.63) is 76.1 Å². The monoisotopic (exact) mass is 630 g/mol. The zero-order chi connectivity index (χ0) is 32.4. The highest BCUT2D eigenvalue weighted by molar-refractivity contribution is 7.07. The first kappa shape index (κ1) is 32.6. The molecule has 0 saturated carbocycles. The normalized spacial score (nSPS) is 13.4. The van der Waals surface area contributed by atoms with Gasteiger partial charge in [0.05, 0.1) is 29.0 Å². The van der Waals surface area contributed by atoms with Crippen LogP contribution in [0.15, 0.2) is 53.4 Å². The molecule has 3 heterocycles. The third-order valence-electron chi connectivity index (χ3n) is 6.63. The molecule has 3 N–H and O–H groups in total. The summed E-state index contributed by atoms with van der Waals surface area (Å²) in [4.78, 5) is 34.2. The van der Waals surface area contributed by atoms with Gasteiger partial charge >= 0.3 is 6.09 Å². The Morgan fingerprint density at radius 2 is 1.73 bits per heavy atom. The highest BCUT2D eigenvalue weighted by atomic mass is 32.1. The van der Waals surface area contributed by atoms with Crippen molar-refractivity contribution in [1.82, 2.24) is 30.4 Å². The molecule has 234 valence electrons. The first-order valence-electron chi connectivity index (χ1n) is 13.5. The third kappa shape index (κ3) is 7.42. The van der Waals surface area contributed by atoms with Crippen molar-refractivity contribution in [2.75, 3.05) is 6.54 Å². The van der Waals surface area contributed by atoms with Crippen LogP contribution in [0.25, 0.3) is 22.6 Å². The van der Waals surface area contributed by atoms with Gasteiger partial charge in [0.2, 0.25) is 0 Å². The number of nitrogens with zero attached hydrogens (tertiary/aromatic N) is 4. The van der Waals surface area contributed by atoms with Crippen LogP contribution in [0.5, 0.6) is 0 Å². The van der Waals surface area contributed by atoms with Crippen molar-refractivity contribution in [3.8, 4) is 22.6 Å². The summed E-state index contributed by atoms with van der Waals surface area (Å²) in [6.45, 7) is 7.41. The van der Waals surface area contributed by atoms with Crippen LogP contribution in [0.4, 0.5) is 18.0 Å². The minimum atomic E-state index is -3.40.